The standard InChI is InChI=1S/C4H9NO.ClH/c6-4-5-2-1-3-5;/h6H,1-4H2;1H. The molecule has 2 nitrogen and oxygen atoms in total. The molecule has 0 amide bonds. The molecule has 0 aliphatic carbocycles. The van der Waals surface area contributed by atoms with Gasteiger partial charge in [-0.05, 0) is 6.42 Å². The molecule has 0 aromatic carbocycles. The zero-order valence-electron chi connectivity index (χ0n) is 4.13. The number of hydrogen-bond donors (Lipinski definition) is 1. The number of aliphatic hydroxyl groups is 1. The molecule has 1 heterocycles. The Morgan fingerprint density at radius 2 is 2.00 bits per heavy atom. The van der Waals surface area contributed by atoms with Crippen LogP contribution in [0.15, 0.2) is 0 Å². The molecule has 1 rings (SSSR count). The lowest BCUT2D eigenvalue weighted by Gasteiger charge is -2.27. The summed E-state index contributed by atoms with van der Waals surface area (Å²) in [5.74, 6) is 0. The highest BCUT2D eigenvalue weighted by molar-refractivity contribution is 5.85. The summed E-state index contributed by atoms with van der Waals surface area (Å²) in [5.41, 5.74) is 0. The van der Waals surface area contributed by atoms with E-state index in [0.717, 1.165) is 13.1 Å². The van der Waals surface area contributed by atoms with Crippen molar-refractivity contribution < 1.29 is 5.11 Å². The van der Waals surface area contributed by atoms with E-state index >= 15 is 0 Å². The Morgan fingerprint density at radius 3 is 2.00 bits per heavy atom. The van der Waals surface area contributed by atoms with Crippen molar-refractivity contribution in [2.75, 3.05) is 19.8 Å². The third-order valence-electron chi connectivity index (χ3n) is 1.15. The first-order valence-corrected chi connectivity index (χ1v) is 2.26. The van der Waals surface area contributed by atoms with E-state index in [0.29, 0.717) is 0 Å². The lowest BCUT2D eigenvalue weighted by molar-refractivity contribution is 0.0576. The molecular formula is C4H10ClNO. The number of rotatable bonds is 1. The number of likely N-dealkylation sites (tertiary alicyclic amines) is 1. The van der Waals surface area contributed by atoms with Gasteiger partial charge in [-0.2, -0.15) is 0 Å². The molecule has 0 bridgehead atoms. The lowest BCUT2D eigenvalue weighted by Crippen LogP contribution is -2.37. The summed E-state index contributed by atoms with van der Waals surface area (Å²) in [4.78, 5) is 1.99. The first kappa shape index (κ1) is 7.21. The normalized spacial score (nSPS) is 20.1. The van der Waals surface area contributed by atoms with Crippen LogP contribution in [-0.2, 0) is 0 Å². The van der Waals surface area contributed by atoms with Gasteiger partial charge in [0.25, 0.3) is 0 Å². The van der Waals surface area contributed by atoms with Crippen molar-refractivity contribution in [2.24, 2.45) is 0 Å². The van der Waals surface area contributed by atoms with Crippen molar-refractivity contribution in [3.05, 3.63) is 0 Å². The molecule has 0 atom stereocenters. The molecule has 3 heteroatoms. The molecular weight excluding hydrogens is 114 g/mol. The van der Waals surface area contributed by atoms with Gasteiger partial charge in [-0.15, -0.1) is 12.4 Å². The smallest absolute Gasteiger partial charge is 0.0956 e. The molecule has 1 fully saturated rings. The second-order valence-corrected chi connectivity index (χ2v) is 1.61. The van der Waals surface area contributed by atoms with Crippen molar-refractivity contribution >= 4 is 12.4 Å². The SMILES string of the molecule is Cl.OCN1CCC1. The van der Waals surface area contributed by atoms with Crippen molar-refractivity contribution in [3.63, 3.8) is 0 Å². The summed E-state index contributed by atoms with van der Waals surface area (Å²) in [6.45, 7) is 2.44. The average molecular weight is 124 g/mol. The summed E-state index contributed by atoms with van der Waals surface area (Å²) in [5, 5.41) is 8.31. The topological polar surface area (TPSA) is 23.5 Å². The van der Waals surface area contributed by atoms with Gasteiger partial charge in [0.05, 0.1) is 6.73 Å². The zero-order chi connectivity index (χ0) is 4.41. The lowest BCUT2D eigenvalue weighted by atomic mass is 10.2. The fourth-order valence-electron chi connectivity index (χ4n) is 0.523. The number of nitrogens with zero attached hydrogens (tertiary/aromatic N) is 1. The molecule has 1 saturated heterocycles. The fourth-order valence-corrected chi connectivity index (χ4v) is 0.523. The van der Waals surface area contributed by atoms with Crippen molar-refractivity contribution in [3.8, 4) is 0 Å². The minimum Gasteiger partial charge on any atom is -0.381 e. The average Bonchev–Trinajstić information content (AvgIpc) is 1.31. The van der Waals surface area contributed by atoms with E-state index in [1.54, 1.807) is 0 Å². The molecule has 0 saturated carbocycles. The molecule has 1 N–H and O–H groups in total. The molecule has 0 aromatic rings. The van der Waals surface area contributed by atoms with Crippen molar-refractivity contribution in [2.45, 2.75) is 6.42 Å². The van der Waals surface area contributed by atoms with Gasteiger partial charge in [0, 0.05) is 13.1 Å². The van der Waals surface area contributed by atoms with E-state index < -0.39 is 0 Å². The first-order chi connectivity index (χ1) is 2.93. The number of halogens is 1. The Kier molecular flexibility index (Phi) is 3.34. The van der Waals surface area contributed by atoms with Crippen LogP contribution in [0.4, 0.5) is 0 Å². The molecule has 0 radical (unpaired) electrons. The van der Waals surface area contributed by atoms with Gasteiger partial charge in [0.2, 0.25) is 0 Å². The Balaban J connectivity index is 0.000000360. The summed E-state index contributed by atoms with van der Waals surface area (Å²) in [6, 6.07) is 0. The van der Waals surface area contributed by atoms with E-state index in [-0.39, 0.29) is 19.1 Å². The Morgan fingerprint density at radius 1 is 1.43 bits per heavy atom. The maximum absolute atomic E-state index is 8.31. The van der Waals surface area contributed by atoms with E-state index in [1.807, 2.05) is 4.90 Å². The van der Waals surface area contributed by atoms with Crippen LogP contribution < -0.4 is 0 Å². The molecule has 0 spiro atoms. The van der Waals surface area contributed by atoms with E-state index in [4.69, 9.17) is 5.11 Å². The summed E-state index contributed by atoms with van der Waals surface area (Å²) < 4.78 is 0. The van der Waals surface area contributed by atoms with Gasteiger partial charge >= 0.3 is 0 Å². The van der Waals surface area contributed by atoms with E-state index in [1.165, 1.54) is 6.42 Å². The molecule has 1 aliphatic heterocycles. The molecule has 0 aromatic heterocycles. The minimum atomic E-state index is 0. The fraction of sp³-hybridized carbons (Fsp3) is 1.00. The van der Waals surface area contributed by atoms with Gasteiger partial charge in [-0.3, -0.25) is 4.90 Å². The predicted molar refractivity (Wildman–Crippen MR) is 30.5 cm³/mol. The summed E-state index contributed by atoms with van der Waals surface area (Å²) in [7, 11) is 0. The maximum Gasteiger partial charge on any atom is 0.0956 e. The highest BCUT2D eigenvalue weighted by Gasteiger charge is 2.09. The third kappa shape index (κ3) is 1.63. The summed E-state index contributed by atoms with van der Waals surface area (Å²) >= 11 is 0. The van der Waals surface area contributed by atoms with Crippen molar-refractivity contribution in [1.29, 1.82) is 0 Å². The van der Waals surface area contributed by atoms with E-state index in [9.17, 15) is 0 Å². The van der Waals surface area contributed by atoms with Gasteiger partial charge in [-0.1, -0.05) is 0 Å². The third-order valence-corrected chi connectivity index (χ3v) is 1.15. The van der Waals surface area contributed by atoms with Crippen LogP contribution in [-0.4, -0.2) is 29.8 Å². The van der Waals surface area contributed by atoms with Crippen LogP contribution in [0.2, 0.25) is 0 Å². The predicted octanol–water partition coefficient (Wildman–Crippen LogP) is 0.0637. The number of aliphatic hydroxyl groups excluding tert-OH is 1. The number of hydrogen-bond acceptors (Lipinski definition) is 2. The second-order valence-electron chi connectivity index (χ2n) is 1.61. The van der Waals surface area contributed by atoms with Gasteiger partial charge in [-0.25, -0.2) is 0 Å². The second kappa shape index (κ2) is 3.24. The van der Waals surface area contributed by atoms with Gasteiger partial charge in [0.1, 0.15) is 0 Å². The zero-order valence-corrected chi connectivity index (χ0v) is 4.95. The van der Waals surface area contributed by atoms with Crippen LogP contribution >= 0.6 is 12.4 Å². The van der Waals surface area contributed by atoms with Crippen LogP contribution in [0.25, 0.3) is 0 Å². The molecule has 7 heavy (non-hydrogen) atoms. The molecule has 1 aliphatic rings. The highest BCUT2D eigenvalue weighted by Crippen LogP contribution is 2.01. The Hall–Kier alpha value is 0.210. The Labute approximate surface area is 49.5 Å². The van der Waals surface area contributed by atoms with Crippen molar-refractivity contribution in [1.82, 2.24) is 4.90 Å². The summed E-state index contributed by atoms with van der Waals surface area (Å²) in [6.07, 6.45) is 1.26. The highest BCUT2D eigenvalue weighted by atomic mass is 35.5. The Bertz CT molecular complexity index is 44.2. The molecule has 0 unspecified atom stereocenters. The van der Waals surface area contributed by atoms with E-state index in [2.05, 4.69) is 0 Å². The van der Waals surface area contributed by atoms with Crippen LogP contribution in [0, 0.1) is 0 Å². The monoisotopic (exact) mass is 123 g/mol. The van der Waals surface area contributed by atoms with Gasteiger partial charge < -0.3 is 5.11 Å². The van der Waals surface area contributed by atoms with Gasteiger partial charge in [0.15, 0.2) is 0 Å². The largest absolute Gasteiger partial charge is 0.381 e. The van der Waals surface area contributed by atoms with Crippen LogP contribution in [0.1, 0.15) is 6.42 Å². The quantitative estimate of drug-likeness (QED) is 0.533. The van der Waals surface area contributed by atoms with Crippen LogP contribution in [0.5, 0.6) is 0 Å². The first-order valence-electron chi connectivity index (χ1n) is 2.26. The molecule has 44 valence electrons. The minimum absolute atomic E-state index is 0. The maximum atomic E-state index is 8.31. The van der Waals surface area contributed by atoms with Crippen LogP contribution in [0.3, 0.4) is 0 Å².